The molecule has 124 valence electrons. The second-order valence-corrected chi connectivity index (χ2v) is 5.37. The molecular formula is C16H25FN2O3. The molecule has 0 aliphatic rings. The van der Waals surface area contributed by atoms with Crippen molar-refractivity contribution in [3.8, 4) is 5.75 Å². The van der Waals surface area contributed by atoms with E-state index in [0.29, 0.717) is 12.8 Å². The van der Waals surface area contributed by atoms with Gasteiger partial charge in [-0.25, -0.2) is 9.18 Å². The molecule has 6 heteroatoms. The molecule has 0 heterocycles. The number of hydrogen-bond donors (Lipinski definition) is 3. The van der Waals surface area contributed by atoms with Crippen LogP contribution in [0.3, 0.4) is 0 Å². The van der Waals surface area contributed by atoms with Crippen LogP contribution in [0.4, 0.5) is 9.18 Å². The van der Waals surface area contributed by atoms with Crippen molar-refractivity contribution in [3.63, 3.8) is 0 Å². The molecule has 0 aliphatic carbocycles. The first-order valence-electron chi connectivity index (χ1n) is 7.45. The minimum atomic E-state index is -0.889. The molecule has 0 saturated carbocycles. The molecule has 0 saturated heterocycles. The van der Waals surface area contributed by atoms with Crippen molar-refractivity contribution in [3.05, 3.63) is 29.6 Å². The molecule has 0 spiro atoms. The van der Waals surface area contributed by atoms with Crippen LogP contribution < -0.4 is 15.4 Å². The number of nitrogens with one attached hydrogen (secondary N) is 2. The van der Waals surface area contributed by atoms with E-state index in [1.54, 1.807) is 19.1 Å². The maximum atomic E-state index is 13.4. The molecule has 1 unspecified atom stereocenters. The van der Waals surface area contributed by atoms with E-state index in [-0.39, 0.29) is 24.4 Å². The van der Waals surface area contributed by atoms with Crippen molar-refractivity contribution >= 4 is 6.03 Å². The number of rotatable bonds is 7. The Morgan fingerprint density at radius 1 is 1.41 bits per heavy atom. The van der Waals surface area contributed by atoms with Crippen LogP contribution in [-0.4, -0.2) is 30.4 Å². The molecule has 2 amide bonds. The Kier molecular flexibility index (Phi) is 6.61. The van der Waals surface area contributed by atoms with Crippen LogP contribution in [0, 0.1) is 5.82 Å². The normalized spacial score (nSPS) is 12.6. The molecule has 1 rings (SSSR count). The van der Waals surface area contributed by atoms with Crippen LogP contribution >= 0.6 is 0 Å². The van der Waals surface area contributed by atoms with Crippen LogP contribution in [0.1, 0.15) is 45.2 Å². The third-order valence-corrected chi connectivity index (χ3v) is 3.92. The van der Waals surface area contributed by atoms with E-state index in [0.717, 1.165) is 5.56 Å². The van der Waals surface area contributed by atoms with Gasteiger partial charge in [-0.15, -0.1) is 0 Å². The number of hydrogen-bond acceptors (Lipinski definition) is 3. The summed E-state index contributed by atoms with van der Waals surface area (Å²) in [5.41, 5.74) is -0.158. The van der Waals surface area contributed by atoms with Crippen LogP contribution in [0.25, 0.3) is 0 Å². The molecule has 1 aromatic rings. The fourth-order valence-corrected chi connectivity index (χ4v) is 2.02. The first kappa shape index (κ1) is 18.2. The Morgan fingerprint density at radius 2 is 2.05 bits per heavy atom. The van der Waals surface area contributed by atoms with Crippen molar-refractivity contribution in [2.45, 2.75) is 45.3 Å². The van der Waals surface area contributed by atoms with Gasteiger partial charge in [0.05, 0.1) is 18.8 Å². The first-order valence-corrected chi connectivity index (χ1v) is 7.45. The molecule has 0 aromatic heterocycles. The molecule has 5 nitrogen and oxygen atoms in total. The highest BCUT2D eigenvalue weighted by molar-refractivity contribution is 5.74. The number of ether oxygens (including phenoxy) is 1. The van der Waals surface area contributed by atoms with Gasteiger partial charge in [-0.2, -0.15) is 0 Å². The van der Waals surface area contributed by atoms with Gasteiger partial charge in [0.2, 0.25) is 0 Å². The molecule has 0 fully saturated rings. The zero-order valence-electron chi connectivity index (χ0n) is 13.6. The highest BCUT2D eigenvalue weighted by atomic mass is 19.1. The Morgan fingerprint density at radius 3 is 2.59 bits per heavy atom. The summed E-state index contributed by atoms with van der Waals surface area (Å²) < 4.78 is 18.3. The van der Waals surface area contributed by atoms with E-state index in [9.17, 15) is 14.3 Å². The summed E-state index contributed by atoms with van der Waals surface area (Å²) in [6, 6.07) is 3.75. The minimum Gasteiger partial charge on any atom is -0.494 e. The number of methoxy groups -OCH3 is 1. The predicted molar refractivity (Wildman–Crippen MR) is 83.4 cm³/mol. The molecule has 0 radical (unpaired) electrons. The number of halogens is 1. The zero-order valence-corrected chi connectivity index (χ0v) is 13.6. The van der Waals surface area contributed by atoms with Crippen molar-refractivity contribution in [2.24, 2.45) is 0 Å². The third kappa shape index (κ3) is 4.87. The lowest BCUT2D eigenvalue weighted by atomic mass is 9.98. The average molecular weight is 312 g/mol. The molecule has 0 aliphatic heterocycles. The van der Waals surface area contributed by atoms with Gasteiger partial charge in [-0.3, -0.25) is 0 Å². The van der Waals surface area contributed by atoms with Crippen LogP contribution in [0.15, 0.2) is 18.2 Å². The summed E-state index contributed by atoms with van der Waals surface area (Å²) in [7, 11) is 1.39. The van der Waals surface area contributed by atoms with Crippen LogP contribution in [0.5, 0.6) is 5.75 Å². The summed E-state index contributed by atoms with van der Waals surface area (Å²) in [4.78, 5) is 11.9. The van der Waals surface area contributed by atoms with Crippen LogP contribution in [0.2, 0.25) is 0 Å². The maximum absolute atomic E-state index is 13.4. The fourth-order valence-electron chi connectivity index (χ4n) is 2.02. The molecular weight excluding hydrogens is 287 g/mol. The van der Waals surface area contributed by atoms with E-state index in [1.807, 2.05) is 13.8 Å². The van der Waals surface area contributed by atoms with Gasteiger partial charge < -0.3 is 20.5 Å². The van der Waals surface area contributed by atoms with Crippen molar-refractivity contribution in [2.75, 3.05) is 13.7 Å². The Bertz CT molecular complexity index is 504. The third-order valence-electron chi connectivity index (χ3n) is 3.92. The molecule has 1 aromatic carbocycles. The lowest BCUT2D eigenvalue weighted by molar-refractivity contribution is 0.0349. The number of urea groups is 1. The topological polar surface area (TPSA) is 70.6 Å². The monoisotopic (exact) mass is 312 g/mol. The fraction of sp³-hybridized carbons (Fsp3) is 0.562. The predicted octanol–water partition coefficient (Wildman–Crippen LogP) is 2.75. The van der Waals surface area contributed by atoms with E-state index >= 15 is 0 Å². The average Bonchev–Trinajstić information content (AvgIpc) is 2.53. The van der Waals surface area contributed by atoms with E-state index in [4.69, 9.17) is 4.74 Å². The number of carbonyl (C=O) groups excluding carboxylic acids is 1. The minimum absolute atomic E-state index is 0.137. The van der Waals surface area contributed by atoms with Gasteiger partial charge in [-0.1, -0.05) is 19.9 Å². The SMILES string of the molecule is CCC(O)(CC)CNC(=O)NC(C)c1ccc(F)c(OC)c1. The highest BCUT2D eigenvalue weighted by Gasteiger charge is 2.23. The van der Waals surface area contributed by atoms with Gasteiger partial charge in [0, 0.05) is 6.54 Å². The van der Waals surface area contributed by atoms with Crippen molar-refractivity contribution in [1.29, 1.82) is 0 Å². The van der Waals surface area contributed by atoms with E-state index in [1.165, 1.54) is 13.2 Å². The van der Waals surface area contributed by atoms with Crippen molar-refractivity contribution in [1.82, 2.24) is 10.6 Å². The summed E-state index contributed by atoms with van der Waals surface area (Å²) in [6.07, 6.45) is 1.13. The first-order chi connectivity index (χ1) is 10.3. The molecule has 1 atom stereocenters. The van der Waals surface area contributed by atoms with Gasteiger partial charge in [0.1, 0.15) is 0 Å². The van der Waals surface area contributed by atoms with Gasteiger partial charge in [0.15, 0.2) is 11.6 Å². The number of benzene rings is 1. The lowest BCUT2D eigenvalue weighted by Crippen LogP contribution is -2.46. The largest absolute Gasteiger partial charge is 0.494 e. The van der Waals surface area contributed by atoms with E-state index < -0.39 is 11.4 Å². The summed E-state index contributed by atoms with van der Waals surface area (Å²) in [5, 5.41) is 15.5. The second-order valence-electron chi connectivity index (χ2n) is 5.37. The van der Waals surface area contributed by atoms with Gasteiger partial charge in [0.25, 0.3) is 0 Å². The summed E-state index contributed by atoms with van der Waals surface area (Å²) in [5.74, 6) is -0.309. The number of amides is 2. The Balaban J connectivity index is 2.61. The summed E-state index contributed by atoms with van der Waals surface area (Å²) >= 11 is 0. The van der Waals surface area contributed by atoms with Crippen molar-refractivity contribution < 1.29 is 19.0 Å². The maximum Gasteiger partial charge on any atom is 0.315 e. The number of carbonyl (C=O) groups is 1. The van der Waals surface area contributed by atoms with Gasteiger partial charge >= 0.3 is 6.03 Å². The second kappa shape index (κ2) is 7.98. The van der Waals surface area contributed by atoms with Gasteiger partial charge in [-0.05, 0) is 37.5 Å². The standard InChI is InChI=1S/C16H25FN2O3/c1-5-16(21,6-2)10-18-15(20)19-11(3)12-7-8-13(17)14(9-12)22-4/h7-9,11,21H,5-6,10H2,1-4H3,(H2,18,19,20). The molecule has 3 N–H and O–H groups in total. The van der Waals surface area contributed by atoms with E-state index in [2.05, 4.69) is 10.6 Å². The molecule has 22 heavy (non-hydrogen) atoms. The number of aliphatic hydroxyl groups is 1. The molecule has 0 bridgehead atoms. The Labute approximate surface area is 130 Å². The highest BCUT2D eigenvalue weighted by Crippen LogP contribution is 2.22. The quantitative estimate of drug-likeness (QED) is 0.725. The van der Waals surface area contributed by atoms with Crippen LogP contribution in [-0.2, 0) is 0 Å². The Hall–Kier alpha value is -1.82. The summed E-state index contributed by atoms with van der Waals surface area (Å²) in [6.45, 7) is 5.72. The smallest absolute Gasteiger partial charge is 0.315 e. The zero-order chi connectivity index (χ0) is 16.8. The lowest BCUT2D eigenvalue weighted by Gasteiger charge is -2.26.